The van der Waals surface area contributed by atoms with Crippen molar-refractivity contribution in [1.29, 1.82) is 0 Å². The smallest absolute Gasteiger partial charge is 0.239 e. The van der Waals surface area contributed by atoms with Crippen molar-refractivity contribution in [3.63, 3.8) is 0 Å². The number of carbonyl (C=O) groups is 1. The molecule has 2 rings (SSSR count). The van der Waals surface area contributed by atoms with Crippen LogP contribution >= 0.6 is 27.7 Å². The maximum Gasteiger partial charge on any atom is 0.239 e. The Kier molecular flexibility index (Phi) is 3.66. The Morgan fingerprint density at radius 1 is 1.56 bits per heavy atom. The van der Waals surface area contributed by atoms with E-state index >= 15 is 0 Å². The van der Waals surface area contributed by atoms with Crippen molar-refractivity contribution < 1.29 is 4.79 Å². The number of benzene rings is 1. The van der Waals surface area contributed by atoms with E-state index in [1.165, 1.54) is 11.8 Å². The van der Waals surface area contributed by atoms with Gasteiger partial charge in [0.15, 0.2) is 5.17 Å². The molecule has 1 N–H and O–H groups in total. The first kappa shape index (κ1) is 11.7. The van der Waals surface area contributed by atoms with Crippen molar-refractivity contribution in [2.24, 2.45) is 4.99 Å². The van der Waals surface area contributed by atoms with Gasteiger partial charge in [0.25, 0.3) is 0 Å². The number of halogens is 1. The first-order valence-corrected chi connectivity index (χ1v) is 6.68. The van der Waals surface area contributed by atoms with Gasteiger partial charge in [-0.05, 0) is 24.6 Å². The van der Waals surface area contributed by atoms with Crippen LogP contribution < -0.4 is 5.32 Å². The zero-order chi connectivity index (χ0) is 11.5. The number of carbonyl (C=O) groups excluding carboxylic acids is 1. The Morgan fingerprint density at radius 3 is 3.00 bits per heavy atom. The van der Waals surface area contributed by atoms with E-state index in [0.29, 0.717) is 5.17 Å². The number of nitrogens with one attached hydrogen (secondary N) is 1. The molecule has 0 aliphatic carbocycles. The average molecular weight is 299 g/mol. The number of hydrogen-bond donors (Lipinski definition) is 1. The average Bonchev–Trinajstić information content (AvgIpc) is 2.58. The highest BCUT2D eigenvalue weighted by atomic mass is 79.9. The largest absolute Gasteiger partial charge is 0.304 e. The van der Waals surface area contributed by atoms with E-state index < -0.39 is 0 Å². The van der Waals surface area contributed by atoms with Crippen molar-refractivity contribution in [3.8, 4) is 0 Å². The zero-order valence-corrected chi connectivity index (χ0v) is 11.1. The van der Waals surface area contributed by atoms with E-state index in [0.717, 1.165) is 16.6 Å². The molecule has 1 unspecified atom stereocenters. The summed E-state index contributed by atoms with van der Waals surface area (Å²) in [6, 6.07) is 7.68. The number of hydrogen-bond acceptors (Lipinski definition) is 3. The van der Waals surface area contributed by atoms with Crippen molar-refractivity contribution >= 4 is 44.5 Å². The number of rotatable bonds is 2. The molecule has 0 spiro atoms. The lowest BCUT2D eigenvalue weighted by atomic mass is 10.3. The summed E-state index contributed by atoms with van der Waals surface area (Å²) >= 11 is 4.88. The van der Waals surface area contributed by atoms with Crippen molar-refractivity contribution in [2.75, 3.05) is 0 Å². The van der Waals surface area contributed by atoms with Crippen LogP contribution in [0.15, 0.2) is 33.7 Å². The first-order chi connectivity index (χ1) is 7.69. The number of thioether (sulfide) groups is 1. The van der Waals surface area contributed by atoms with Gasteiger partial charge < -0.3 is 5.32 Å². The van der Waals surface area contributed by atoms with E-state index in [1.54, 1.807) is 0 Å². The van der Waals surface area contributed by atoms with Gasteiger partial charge >= 0.3 is 0 Å². The van der Waals surface area contributed by atoms with Crippen LogP contribution in [0, 0.1) is 0 Å². The van der Waals surface area contributed by atoms with Crippen LogP contribution in [0.1, 0.15) is 13.3 Å². The molecule has 16 heavy (non-hydrogen) atoms. The fourth-order valence-corrected chi connectivity index (χ4v) is 2.70. The third-order valence-electron chi connectivity index (χ3n) is 2.19. The molecule has 1 heterocycles. The highest BCUT2D eigenvalue weighted by Gasteiger charge is 2.28. The van der Waals surface area contributed by atoms with Gasteiger partial charge in [-0.25, -0.2) is 4.99 Å². The SMILES string of the molecule is CCC1SC(=Nc2cccc(Br)c2)NC1=O. The minimum Gasteiger partial charge on any atom is -0.304 e. The van der Waals surface area contributed by atoms with E-state index in [2.05, 4.69) is 26.2 Å². The topological polar surface area (TPSA) is 41.5 Å². The van der Waals surface area contributed by atoms with Gasteiger partial charge in [0.1, 0.15) is 0 Å². The molecule has 0 aromatic heterocycles. The molecule has 1 aromatic carbocycles. The number of amides is 1. The van der Waals surface area contributed by atoms with Gasteiger partial charge in [0.2, 0.25) is 5.91 Å². The lowest BCUT2D eigenvalue weighted by Crippen LogP contribution is -2.24. The minimum atomic E-state index is 0.00547. The molecule has 1 amide bonds. The minimum absolute atomic E-state index is 0.00547. The second-order valence-corrected chi connectivity index (χ2v) is 5.51. The first-order valence-electron chi connectivity index (χ1n) is 5.01. The summed E-state index contributed by atoms with van der Waals surface area (Å²) < 4.78 is 0.982. The predicted molar refractivity (Wildman–Crippen MR) is 71.0 cm³/mol. The van der Waals surface area contributed by atoms with Crippen molar-refractivity contribution in [1.82, 2.24) is 5.32 Å². The summed E-state index contributed by atoms with van der Waals surface area (Å²) in [6.07, 6.45) is 0.827. The Hall–Kier alpha value is -0.810. The zero-order valence-electron chi connectivity index (χ0n) is 8.74. The van der Waals surface area contributed by atoms with Gasteiger partial charge in [-0.3, -0.25) is 4.79 Å². The van der Waals surface area contributed by atoms with Crippen LogP contribution in [0.4, 0.5) is 5.69 Å². The number of amidine groups is 1. The van der Waals surface area contributed by atoms with Crippen molar-refractivity contribution in [2.45, 2.75) is 18.6 Å². The van der Waals surface area contributed by atoms with Crippen LogP contribution in [0.2, 0.25) is 0 Å². The fourth-order valence-electron chi connectivity index (χ4n) is 1.39. The second-order valence-electron chi connectivity index (χ2n) is 3.40. The van der Waals surface area contributed by atoms with Crippen LogP contribution in [-0.2, 0) is 4.79 Å². The summed E-state index contributed by atoms with van der Waals surface area (Å²) in [5.41, 5.74) is 0.842. The Balaban J connectivity index is 2.17. The molecule has 5 heteroatoms. The molecule has 84 valence electrons. The Labute approximate surface area is 107 Å². The van der Waals surface area contributed by atoms with Gasteiger partial charge in [-0.15, -0.1) is 0 Å². The Bertz CT molecular complexity index is 447. The molecule has 1 atom stereocenters. The highest BCUT2D eigenvalue weighted by molar-refractivity contribution is 9.10. The van der Waals surface area contributed by atoms with E-state index in [4.69, 9.17) is 0 Å². The number of nitrogens with zero attached hydrogens (tertiary/aromatic N) is 1. The summed E-state index contributed by atoms with van der Waals surface area (Å²) in [5, 5.41) is 3.48. The normalized spacial score (nSPS) is 22.5. The third-order valence-corrected chi connectivity index (χ3v) is 3.93. The Morgan fingerprint density at radius 2 is 2.38 bits per heavy atom. The molecular weight excluding hydrogens is 288 g/mol. The molecule has 1 saturated heterocycles. The monoisotopic (exact) mass is 298 g/mol. The molecular formula is C11H11BrN2OS. The van der Waals surface area contributed by atoms with Crippen LogP contribution in [0.3, 0.4) is 0 Å². The highest BCUT2D eigenvalue weighted by Crippen LogP contribution is 2.25. The number of aliphatic imine (C=N–C) groups is 1. The maximum atomic E-state index is 11.5. The lowest BCUT2D eigenvalue weighted by molar-refractivity contribution is -0.118. The molecule has 1 fully saturated rings. The predicted octanol–water partition coefficient (Wildman–Crippen LogP) is 3.08. The molecule has 3 nitrogen and oxygen atoms in total. The maximum absolute atomic E-state index is 11.5. The van der Waals surface area contributed by atoms with E-state index in [1.807, 2.05) is 31.2 Å². The standard InChI is InChI=1S/C11H11BrN2OS/c1-2-9-10(15)14-11(16-9)13-8-5-3-4-7(12)6-8/h3-6,9H,2H2,1H3,(H,13,14,15). The van der Waals surface area contributed by atoms with Gasteiger partial charge in [-0.2, -0.15) is 0 Å². The summed E-state index contributed by atoms with van der Waals surface area (Å²) in [5.74, 6) is 0.0567. The molecule has 0 bridgehead atoms. The van der Waals surface area contributed by atoms with Crippen LogP contribution in [0.5, 0.6) is 0 Å². The summed E-state index contributed by atoms with van der Waals surface area (Å²) in [4.78, 5) is 15.8. The molecule has 1 aromatic rings. The summed E-state index contributed by atoms with van der Waals surface area (Å²) in [6.45, 7) is 2.00. The quantitative estimate of drug-likeness (QED) is 0.912. The molecule has 1 aliphatic heterocycles. The van der Waals surface area contributed by atoms with E-state index in [9.17, 15) is 4.79 Å². The van der Waals surface area contributed by atoms with Crippen LogP contribution in [0.25, 0.3) is 0 Å². The van der Waals surface area contributed by atoms with Crippen molar-refractivity contribution in [3.05, 3.63) is 28.7 Å². The van der Waals surface area contributed by atoms with Gasteiger partial charge in [0.05, 0.1) is 10.9 Å². The van der Waals surface area contributed by atoms with Gasteiger partial charge in [-0.1, -0.05) is 40.7 Å². The fraction of sp³-hybridized carbons (Fsp3) is 0.273. The van der Waals surface area contributed by atoms with Gasteiger partial charge in [0, 0.05) is 4.47 Å². The third kappa shape index (κ3) is 2.65. The van der Waals surface area contributed by atoms with E-state index in [-0.39, 0.29) is 11.2 Å². The molecule has 1 aliphatic rings. The summed E-state index contributed by atoms with van der Waals surface area (Å²) in [7, 11) is 0. The molecule has 0 saturated carbocycles. The lowest BCUT2D eigenvalue weighted by Gasteiger charge is -1.97. The van der Waals surface area contributed by atoms with Crippen LogP contribution in [-0.4, -0.2) is 16.3 Å². The molecule has 0 radical (unpaired) electrons. The second kappa shape index (κ2) is 5.01.